The highest BCUT2D eigenvalue weighted by molar-refractivity contribution is 5.95. The highest BCUT2D eigenvalue weighted by Crippen LogP contribution is 2.25. The van der Waals surface area contributed by atoms with Gasteiger partial charge in [0.25, 0.3) is 0 Å². The highest BCUT2D eigenvalue weighted by atomic mass is 19.1. The molecule has 0 saturated carbocycles. The van der Waals surface area contributed by atoms with Gasteiger partial charge in [0.05, 0.1) is 6.04 Å². The Morgan fingerprint density at radius 2 is 2.10 bits per heavy atom. The van der Waals surface area contributed by atoms with Gasteiger partial charge >= 0.3 is 0 Å². The maximum atomic E-state index is 13.8. The lowest BCUT2D eigenvalue weighted by Crippen LogP contribution is -2.58. The summed E-state index contributed by atoms with van der Waals surface area (Å²) in [5.74, 6) is -0.681. The number of hydrogen-bond acceptors (Lipinski definition) is 2. The zero-order valence-electron chi connectivity index (χ0n) is 11.7. The topological polar surface area (TPSA) is 49.4 Å². The van der Waals surface area contributed by atoms with Gasteiger partial charge < -0.3 is 10.2 Å². The van der Waals surface area contributed by atoms with Crippen LogP contribution in [-0.2, 0) is 9.59 Å². The van der Waals surface area contributed by atoms with E-state index in [1.54, 1.807) is 25.1 Å². The van der Waals surface area contributed by atoms with Crippen LogP contribution in [0.2, 0.25) is 0 Å². The number of carbonyl (C=O) groups excluding carboxylic acids is 2. The third-order valence-corrected chi connectivity index (χ3v) is 3.63. The van der Waals surface area contributed by atoms with E-state index in [9.17, 15) is 14.0 Å². The van der Waals surface area contributed by atoms with Crippen LogP contribution in [0.1, 0.15) is 38.3 Å². The van der Waals surface area contributed by atoms with Crippen LogP contribution in [0.4, 0.5) is 4.39 Å². The SMILES string of the molecule is CCCC1NC(=O)CN(C(C)c2ccccc2F)C1=O. The molecular formula is C15H19FN2O2. The fourth-order valence-electron chi connectivity index (χ4n) is 2.53. The Bertz CT molecular complexity index is 518. The van der Waals surface area contributed by atoms with E-state index in [2.05, 4.69) is 5.32 Å². The molecule has 1 aliphatic heterocycles. The molecule has 1 saturated heterocycles. The molecule has 5 heteroatoms. The van der Waals surface area contributed by atoms with Gasteiger partial charge in [-0.15, -0.1) is 0 Å². The Balaban J connectivity index is 2.24. The van der Waals surface area contributed by atoms with Crippen molar-refractivity contribution < 1.29 is 14.0 Å². The molecule has 1 aromatic rings. The van der Waals surface area contributed by atoms with Crippen molar-refractivity contribution in [3.63, 3.8) is 0 Å². The van der Waals surface area contributed by atoms with Gasteiger partial charge in [0, 0.05) is 5.56 Å². The van der Waals surface area contributed by atoms with Crippen molar-refractivity contribution in [2.75, 3.05) is 6.54 Å². The van der Waals surface area contributed by atoms with E-state index < -0.39 is 12.1 Å². The lowest BCUT2D eigenvalue weighted by molar-refractivity contribution is -0.146. The first kappa shape index (κ1) is 14.5. The molecule has 108 valence electrons. The van der Waals surface area contributed by atoms with Crippen LogP contribution < -0.4 is 5.32 Å². The number of nitrogens with zero attached hydrogens (tertiary/aromatic N) is 1. The first-order chi connectivity index (χ1) is 9.54. The summed E-state index contributed by atoms with van der Waals surface area (Å²) in [5, 5.41) is 2.69. The molecule has 0 bridgehead atoms. The third-order valence-electron chi connectivity index (χ3n) is 3.63. The molecule has 1 fully saturated rings. The summed E-state index contributed by atoms with van der Waals surface area (Å²) >= 11 is 0. The minimum atomic E-state index is -0.490. The van der Waals surface area contributed by atoms with E-state index in [-0.39, 0.29) is 24.2 Å². The minimum Gasteiger partial charge on any atom is -0.343 e. The van der Waals surface area contributed by atoms with Crippen molar-refractivity contribution in [3.05, 3.63) is 35.6 Å². The second-order valence-electron chi connectivity index (χ2n) is 5.07. The van der Waals surface area contributed by atoms with Crippen molar-refractivity contribution in [1.82, 2.24) is 10.2 Å². The van der Waals surface area contributed by atoms with E-state index >= 15 is 0 Å². The molecule has 1 aliphatic rings. The Morgan fingerprint density at radius 1 is 1.40 bits per heavy atom. The van der Waals surface area contributed by atoms with E-state index in [0.717, 1.165) is 6.42 Å². The molecule has 1 N–H and O–H groups in total. The largest absolute Gasteiger partial charge is 0.343 e. The number of carbonyl (C=O) groups is 2. The smallest absolute Gasteiger partial charge is 0.246 e. The second kappa shape index (κ2) is 6.03. The quantitative estimate of drug-likeness (QED) is 0.916. The van der Waals surface area contributed by atoms with Crippen molar-refractivity contribution in [3.8, 4) is 0 Å². The molecule has 0 aromatic heterocycles. The van der Waals surface area contributed by atoms with Crippen LogP contribution in [0.25, 0.3) is 0 Å². The van der Waals surface area contributed by atoms with E-state index in [4.69, 9.17) is 0 Å². The van der Waals surface area contributed by atoms with Crippen molar-refractivity contribution in [1.29, 1.82) is 0 Å². The molecule has 0 radical (unpaired) electrons. The predicted molar refractivity (Wildman–Crippen MR) is 73.4 cm³/mol. The Morgan fingerprint density at radius 3 is 2.75 bits per heavy atom. The highest BCUT2D eigenvalue weighted by Gasteiger charge is 2.35. The van der Waals surface area contributed by atoms with Crippen LogP contribution >= 0.6 is 0 Å². The molecule has 0 spiro atoms. The lowest BCUT2D eigenvalue weighted by Gasteiger charge is -2.36. The molecular weight excluding hydrogens is 259 g/mol. The van der Waals surface area contributed by atoms with Gasteiger partial charge in [-0.05, 0) is 19.4 Å². The first-order valence-electron chi connectivity index (χ1n) is 6.88. The standard InChI is InChI=1S/C15H19FN2O2/c1-3-6-13-15(20)18(9-14(19)17-13)10(2)11-7-4-5-8-12(11)16/h4-5,7-8,10,13H,3,6,9H2,1-2H3,(H,17,19). The fraction of sp³-hybridized carbons (Fsp3) is 0.467. The average molecular weight is 278 g/mol. The number of nitrogens with one attached hydrogen (secondary N) is 1. The van der Waals surface area contributed by atoms with Crippen molar-refractivity contribution in [2.45, 2.75) is 38.8 Å². The van der Waals surface area contributed by atoms with E-state index in [0.29, 0.717) is 12.0 Å². The number of benzene rings is 1. The van der Waals surface area contributed by atoms with Crippen LogP contribution in [0.5, 0.6) is 0 Å². The van der Waals surface area contributed by atoms with E-state index in [1.165, 1.54) is 11.0 Å². The van der Waals surface area contributed by atoms with Gasteiger partial charge in [-0.2, -0.15) is 0 Å². The van der Waals surface area contributed by atoms with Gasteiger partial charge in [0.15, 0.2) is 0 Å². The maximum absolute atomic E-state index is 13.8. The molecule has 2 atom stereocenters. The second-order valence-corrected chi connectivity index (χ2v) is 5.07. The monoisotopic (exact) mass is 278 g/mol. The normalized spacial score (nSPS) is 20.8. The number of halogens is 1. The van der Waals surface area contributed by atoms with Crippen LogP contribution in [0, 0.1) is 5.82 Å². The minimum absolute atomic E-state index is 0.0193. The number of amides is 2. The van der Waals surface area contributed by atoms with Gasteiger partial charge in [-0.3, -0.25) is 9.59 Å². The van der Waals surface area contributed by atoms with Gasteiger partial charge in [-0.1, -0.05) is 31.5 Å². The fourth-order valence-corrected chi connectivity index (χ4v) is 2.53. The summed E-state index contributed by atoms with van der Waals surface area (Å²) in [5.41, 5.74) is 0.436. The molecule has 1 aromatic carbocycles. The average Bonchev–Trinajstić information content (AvgIpc) is 2.42. The van der Waals surface area contributed by atoms with Crippen LogP contribution in [-0.4, -0.2) is 29.3 Å². The lowest BCUT2D eigenvalue weighted by atomic mass is 10.0. The molecule has 2 rings (SSSR count). The van der Waals surface area contributed by atoms with Crippen molar-refractivity contribution >= 4 is 11.8 Å². The van der Waals surface area contributed by atoms with Gasteiger partial charge in [0.2, 0.25) is 11.8 Å². The van der Waals surface area contributed by atoms with Gasteiger partial charge in [0.1, 0.15) is 18.4 Å². The zero-order valence-corrected chi connectivity index (χ0v) is 11.7. The molecule has 1 heterocycles. The summed E-state index contributed by atoms with van der Waals surface area (Å²) in [6.45, 7) is 3.69. The Hall–Kier alpha value is -1.91. The summed E-state index contributed by atoms with van der Waals surface area (Å²) < 4.78 is 13.8. The predicted octanol–water partition coefficient (Wildman–Crippen LogP) is 2.01. The molecule has 4 nitrogen and oxygen atoms in total. The summed E-state index contributed by atoms with van der Waals surface area (Å²) in [6, 6.07) is 5.41. The zero-order chi connectivity index (χ0) is 14.7. The molecule has 2 amide bonds. The summed E-state index contributed by atoms with van der Waals surface area (Å²) in [6.07, 6.45) is 1.41. The Labute approximate surface area is 118 Å². The molecule has 20 heavy (non-hydrogen) atoms. The molecule has 2 unspecified atom stereocenters. The summed E-state index contributed by atoms with van der Waals surface area (Å²) in [4.78, 5) is 25.6. The van der Waals surface area contributed by atoms with Crippen LogP contribution in [0.15, 0.2) is 24.3 Å². The molecule has 0 aliphatic carbocycles. The summed E-state index contributed by atoms with van der Waals surface area (Å²) in [7, 11) is 0. The van der Waals surface area contributed by atoms with E-state index in [1.807, 2.05) is 6.92 Å². The van der Waals surface area contributed by atoms with Gasteiger partial charge in [-0.25, -0.2) is 4.39 Å². The maximum Gasteiger partial charge on any atom is 0.246 e. The number of hydrogen-bond donors (Lipinski definition) is 1. The first-order valence-corrected chi connectivity index (χ1v) is 6.88. The van der Waals surface area contributed by atoms with Crippen molar-refractivity contribution in [2.24, 2.45) is 0 Å². The third kappa shape index (κ3) is 2.81. The Kier molecular flexibility index (Phi) is 4.37. The van der Waals surface area contributed by atoms with Crippen LogP contribution in [0.3, 0.4) is 0 Å². The number of rotatable bonds is 4. The number of piperazine rings is 1.